The van der Waals surface area contributed by atoms with Crippen molar-refractivity contribution in [2.45, 2.75) is 64.4 Å². The van der Waals surface area contributed by atoms with Crippen molar-refractivity contribution in [1.82, 2.24) is 0 Å². The summed E-state index contributed by atoms with van der Waals surface area (Å²) < 4.78 is 0. The van der Waals surface area contributed by atoms with Gasteiger partial charge in [0.25, 0.3) is 0 Å². The Hall–Kier alpha value is -0.830. The van der Waals surface area contributed by atoms with E-state index in [0.29, 0.717) is 6.42 Å². The van der Waals surface area contributed by atoms with Crippen LogP contribution in [-0.2, 0) is 4.79 Å². The van der Waals surface area contributed by atoms with Crippen molar-refractivity contribution in [2.24, 2.45) is 0 Å². The first-order valence-electron chi connectivity index (χ1n) is 6.26. The molecule has 0 spiro atoms. The molecule has 3 heteroatoms. The van der Waals surface area contributed by atoms with Gasteiger partial charge in [-0.15, -0.1) is 0 Å². The molecule has 0 aliphatic heterocycles. The van der Waals surface area contributed by atoms with Crippen LogP contribution in [0.1, 0.15) is 58.3 Å². The Labute approximate surface area is 98.2 Å². The van der Waals surface area contributed by atoms with Crippen LogP contribution in [0.4, 0.5) is 0 Å². The fraction of sp³-hybridized carbons (Fsp3) is 0.769. The lowest BCUT2D eigenvalue weighted by Gasteiger charge is -2.04. The second-order valence-electron chi connectivity index (χ2n) is 4.17. The first-order valence-corrected chi connectivity index (χ1v) is 6.26. The third-order valence-corrected chi connectivity index (χ3v) is 2.56. The van der Waals surface area contributed by atoms with Gasteiger partial charge in [0.2, 0.25) is 0 Å². The summed E-state index contributed by atoms with van der Waals surface area (Å²) in [4.78, 5) is 10.2. The number of aliphatic hydroxyl groups is 1. The molecule has 94 valence electrons. The summed E-state index contributed by atoms with van der Waals surface area (Å²) in [6.07, 6.45) is 10.9. The smallest absolute Gasteiger partial charge is 0.328 e. The zero-order valence-corrected chi connectivity index (χ0v) is 10.2. The molecule has 0 radical (unpaired) electrons. The Kier molecular flexibility index (Phi) is 10.1. The Balaban J connectivity index is 3.27. The largest absolute Gasteiger partial charge is 0.478 e. The van der Waals surface area contributed by atoms with E-state index in [1.165, 1.54) is 38.2 Å². The standard InChI is InChI=1S/C13H24O3/c1-2-3-4-5-6-7-8-9-12(14)10-11-13(15)16/h10-12,14H,2-9H2,1H3,(H,15,16). The van der Waals surface area contributed by atoms with E-state index in [4.69, 9.17) is 5.11 Å². The molecule has 0 aromatic rings. The summed E-state index contributed by atoms with van der Waals surface area (Å²) >= 11 is 0. The quantitative estimate of drug-likeness (QED) is 0.446. The first-order chi connectivity index (χ1) is 7.66. The van der Waals surface area contributed by atoms with E-state index in [9.17, 15) is 9.90 Å². The normalized spacial score (nSPS) is 13.1. The van der Waals surface area contributed by atoms with Crippen LogP contribution in [0.2, 0.25) is 0 Å². The molecule has 0 heterocycles. The van der Waals surface area contributed by atoms with Gasteiger partial charge in [-0.25, -0.2) is 4.79 Å². The van der Waals surface area contributed by atoms with Crippen molar-refractivity contribution in [1.29, 1.82) is 0 Å². The van der Waals surface area contributed by atoms with Gasteiger partial charge in [-0.3, -0.25) is 0 Å². The second kappa shape index (κ2) is 10.7. The summed E-state index contributed by atoms with van der Waals surface area (Å²) in [6.45, 7) is 2.20. The van der Waals surface area contributed by atoms with Gasteiger partial charge in [0.1, 0.15) is 0 Å². The Morgan fingerprint density at radius 3 is 2.25 bits per heavy atom. The fourth-order valence-corrected chi connectivity index (χ4v) is 1.60. The van der Waals surface area contributed by atoms with Gasteiger partial charge < -0.3 is 10.2 Å². The molecule has 0 amide bonds. The topological polar surface area (TPSA) is 57.5 Å². The highest BCUT2D eigenvalue weighted by Crippen LogP contribution is 2.10. The van der Waals surface area contributed by atoms with Crippen LogP contribution in [0.25, 0.3) is 0 Å². The van der Waals surface area contributed by atoms with Gasteiger partial charge in [-0.2, -0.15) is 0 Å². The number of unbranched alkanes of at least 4 members (excludes halogenated alkanes) is 6. The molecular weight excluding hydrogens is 204 g/mol. The Morgan fingerprint density at radius 2 is 1.69 bits per heavy atom. The van der Waals surface area contributed by atoms with Gasteiger partial charge in [0, 0.05) is 6.08 Å². The number of rotatable bonds is 10. The number of hydrogen-bond acceptors (Lipinski definition) is 2. The lowest BCUT2D eigenvalue weighted by Crippen LogP contribution is -2.03. The number of hydrogen-bond donors (Lipinski definition) is 2. The monoisotopic (exact) mass is 228 g/mol. The van der Waals surface area contributed by atoms with E-state index < -0.39 is 12.1 Å². The second-order valence-corrected chi connectivity index (χ2v) is 4.17. The average Bonchev–Trinajstić information content (AvgIpc) is 2.25. The maximum atomic E-state index is 10.2. The maximum absolute atomic E-state index is 10.2. The van der Waals surface area contributed by atoms with E-state index in [1.54, 1.807) is 0 Å². The maximum Gasteiger partial charge on any atom is 0.328 e. The van der Waals surface area contributed by atoms with Crippen molar-refractivity contribution in [3.8, 4) is 0 Å². The zero-order valence-electron chi connectivity index (χ0n) is 10.2. The fourth-order valence-electron chi connectivity index (χ4n) is 1.60. The summed E-state index contributed by atoms with van der Waals surface area (Å²) in [5.41, 5.74) is 0. The lowest BCUT2D eigenvalue weighted by atomic mass is 10.1. The van der Waals surface area contributed by atoms with Crippen LogP contribution in [-0.4, -0.2) is 22.3 Å². The third-order valence-electron chi connectivity index (χ3n) is 2.56. The third kappa shape index (κ3) is 11.2. The zero-order chi connectivity index (χ0) is 12.2. The average molecular weight is 228 g/mol. The van der Waals surface area contributed by atoms with Crippen molar-refractivity contribution < 1.29 is 15.0 Å². The number of carboxylic acid groups (broad SMARTS) is 1. The van der Waals surface area contributed by atoms with Gasteiger partial charge in [0.15, 0.2) is 0 Å². The molecule has 1 unspecified atom stereocenters. The molecule has 3 nitrogen and oxygen atoms in total. The van der Waals surface area contributed by atoms with E-state index >= 15 is 0 Å². The highest BCUT2D eigenvalue weighted by Gasteiger charge is 1.99. The van der Waals surface area contributed by atoms with E-state index in [2.05, 4.69) is 6.92 Å². The van der Waals surface area contributed by atoms with E-state index in [0.717, 1.165) is 18.9 Å². The van der Waals surface area contributed by atoms with Gasteiger partial charge in [-0.1, -0.05) is 51.9 Å². The summed E-state index contributed by atoms with van der Waals surface area (Å²) in [5, 5.41) is 17.7. The Bertz CT molecular complexity index is 199. The predicted molar refractivity (Wildman–Crippen MR) is 65.4 cm³/mol. The lowest BCUT2D eigenvalue weighted by molar-refractivity contribution is -0.131. The molecule has 16 heavy (non-hydrogen) atoms. The van der Waals surface area contributed by atoms with Crippen molar-refractivity contribution in [2.75, 3.05) is 0 Å². The minimum absolute atomic E-state index is 0.605. The van der Waals surface area contributed by atoms with Crippen molar-refractivity contribution in [3.05, 3.63) is 12.2 Å². The SMILES string of the molecule is CCCCCCCCCC(O)C=CC(=O)O. The van der Waals surface area contributed by atoms with Gasteiger partial charge in [-0.05, 0) is 12.5 Å². The molecule has 0 saturated heterocycles. The minimum atomic E-state index is -1.00. The first kappa shape index (κ1) is 15.2. The minimum Gasteiger partial charge on any atom is -0.478 e. The summed E-state index contributed by atoms with van der Waals surface area (Å²) in [7, 11) is 0. The molecule has 0 rings (SSSR count). The highest BCUT2D eigenvalue weighted by atomic mass is 16.4. The van der Waals surface area contributed by atoms with Crippen molar-refractivity contribution >= 4 is 5.97 Å². The molecule has 0 aliphatic rings. The molecular formula is C13H24O3. The number of aliphatic carboxylic acids is 1. The molecule has 2 N–H and O–H groups in total. The van der Waals surface area contributed by atoms with Gasteiger partial charge in [0.05, 0.1) is 6.10 Å². The molecule has 1 atom stereocenters. The number of carboxylic acids is 1. The summed E-state index contributed by atoms with van der Waals surface area (Å²) in [6, 6.07) is 0. The molecule has 0 aromatic carbocycles. The van der Waals surface area contributed by atoms with Gasteiger partial charge >= 0.3 is 5.97 Å². The predicted octanol–water partition coefficient (Wildman–Crippen LogP) is 3.13. The van der Waals surface area contributed by atoms with E-state index in [-0.39, 0.29) is 0 Å². The molecule has 0 saturated carbocycles. The molecule has 0 aromatic heterocycles. The number of carbonyl (C=O) groups is 1. The van der Waals surface area contributed by atoms with Crippen LogP contribution in [0.3, 0.4) is 0 Å². The van der Waals surface area contributed by atoms with Crippen LogP contribution >= 0.6 is 0 Å². The number of aliphatic hydroxyl groups excluding tert-OH is 1. The Morgan fingerprint density at radius 1 is 1.12 bits per heavy atom. The van der Waals surface area contributed by atoms with Crippen LogP contribution in [0.5, 0.6) is 0 Å². The van der Waals surface area contributed by atoms with Crippen LogP contribution < -0.4 is 0 Å². The summed E-state index contributed by atoms with van der Waals surface area (Å²) in [5.74, 6) is -1.00. The van der Waals surface area contributed by atoms with Crippen LogP contribution in [0, 0.1) is 0 Å². The van der Waals surface area contributed by atoms with Crippen molar-refractivity contribution in [3.63, 3.8) is 0 Å². The molecule has 0 aliphatic carbocycles. The highest BCUT2D eigenvalue weighted by molar-refractivity contribution is 5.79. The van der Waals surface area contributed by atoms with Crippen LogP contribution in [0.15, 0.2) is 12.2 Å². The van der Waals surface area contributed by atoms with E-state index in [1.807, 2.05) is 0 Å². The molecule has 0 fully saturated rings. The molecule has 0 bridgehead atoms.